The van der Waals surface area contributed by atoms with E-state index in [1.165, 1.54) is 18.5 Å². The van der Waals surface area contributed by atoms with Gasteiger partial charge >= 0.3 is 0 Å². The number of rotatable bonds is 5. The van der Waals surface area contributed by atoms with Gasteiger partial charge in [0.25, 0.3) is 0 Å². The highest BCUT2D eigenvalue weighted by Gasteiger charge is 2.16. The average molecular weight is 329 g/mol. The van der Waals surface area contributed by atoms with Gasteiger partial charge in [-0.15, -0.1) is 10.2 Å². The molecule has 1 N–H and O–H groups in total. The molecule has 7 heteroatoms. The summed E-state index contributed by atoms with van der Waals surface area (Å²) < 4.78 is 4.36. The second kappa shape index (κ2) is 7.51. The summed E-state index contributed by atoms with van der Waals surface area (Å²) in [6.07, 6.45) is 5.51. The molecular weight excluding hydrogens is 302 g/mol. The Morgan fingerprint density at radius 2 is 2.25 bits per heavy atom. The quantitative estimate of drug-likeness (QED) is 0.668. The van der Waals surface area contributed by atoms with E-state index in [9.17, 15) is 0 Å². The van der Waals surface area contributed by atoms with Crippen LogP contribution >= 0.6 is 0 Å². The van der Waals surface area contributed by atoms with Crippen molar-refractivity contribution >= 4 is 5.96 Å². The molecule has 0 aromatic carbocycles. The van der Waals surface area contributed by atoms with Gasteiger partial charge in [0.05, 0.1) is 6.54 Å². The van der Waals surface area contributed by atoms with Gasteiger partial charge in [-0.3, -0.25) is 0 Å². The predicted octanol–water partition coefficient (Wildman–Crippen LogP) is 1.55. The average Bonchev–Trinajstić information content (AvgIpc) is 3.18. The summed E-state index contributed by atoms with van der Waals surface area (Å²) in [5, 5.41) is 12.0. The summed E-state index contributed by atoms with van der Waals surface area (Å²) in [7, 11) is 4.13. The van der Waals surface area contributed by atoms with Crippen LogP contribution in [0.25, 0.3) is 0 Å². The highest BCUT2D eigenvalue weighted by atomic mass is 15.3. The monoisotopic (exact) mass is 329 g/mol. The van der Waals surface area contributed by atoms with E-state index in [1.54, 1.807) is 0 Å². The zero-order valence-corrected chi connectivity index (χ0v) is 14.9. The maximum atomic E-state index is 4.77. The fourth-order valence-electron chi connectivity index (χ4n) is 3.08. The van der Waals surface area contributed by atoms with E-state index in [1.807, 2.05) is 0 Å². The molecule has 1 aliphatic rings. The first-order chi connectivity index (χ1) is 11.7. The molecule has 7 nitrogen and oxygen atoms in total. The van der Waals surface area contributed by atoms with Gasteiger partial charge in [-0.05, 0) is 31.9 Å². The number of guanidine groups is 1. The fraction of sp³-hybridized carbons (Fsp3) is 0.588. The van der Waals surface area contributed by atoms with Crippen molar-refractivity contribution in [1.82, 2.24) is 29.5 Å². The second-order valence-electron chi connectivity index (χ2n) is 6.28. The zero-order valence-electron chi connectivity index (χ0n) is 14.9. The Hall–Kier alpha value is -2.31. The van der Waals surface area contributed by atoms with Crippen LogP contribution in [0.15, 0.2) is 23.3 Å². The lowest BCUT2D eigenvalue weighted by molar-refractivity contribution is 0.460. The van der Waals surface area contributed by atoms with Crippen LogP contribution in [0.3, 0.4) is 0 Å². The van der Waals surface area contributed by atoms with Gasteiger partial charge in [-0.25, -0.2) is 4.99 Å². The zero-order chi connectivity index (χ0) is 16.9. The third-order valence-corrected chi connectivity index (χ3v) is 4.45. The van der Waals surface area contributed by atoms with Crippen LogP contribution in [-0.4, -0.2) is 43.8 Å². The molecule has 0 saturated carbocycles. The topological polar surface area (TPSA) is 63.3 Å². The first-order valence-corrected chi connectivity index (χ1v) is 8.69. The van der Waals surface area contributed by atoms with Crippen LogP contribution < -0.4 is 5.32 Å². The Morgan fingerprint density at radius 3 is 3.00 bits per heavy atom. The van der Waals surface area contributed by atoms with Crippen LogP contribution in [0.5, 0.6) is 0 Å². The van der Waals surface area contributed by atoms with E-state index in [0.29, 0.717) is 6.54 Å². The van der Waals surface area contributed by atoms with Crippen molar-refractivity contribution in [2.45, 2.75) is 45.8 Å². The molecule has 0 radical (unpaired) electrons. The van der Waals surface area contributed by atoms with Crippen LogP contribution in [0, 0.1) is 0 Å². The molecule has 24 heavy (non-hydrogen) atoms. The summed E-state index contributed by atoms with van der Waals surface area (Å²) in [6, 6.07) is 4.20. The summed E-state index contributed by atoms with van der Waals surface area (Å²) >= 11 is 0. The number of fused-ring (bicyclic) bond motifs is 1. The number of hydrogen-bond donors (Lipinski definition) is 1. The van der Waals surface area contributed by atoms with Crippen LogP contribution in [-0.2, 0) is 33.1 Å². The standard InChI is InChI=1S/C17H27N7/c1-4-18-17(23(3)13-14-8-7-10-22(14)2)19-12-16-21-20-15-9-5-6-11-24(15)16/h7-8,10H,4-6,9,11-13H2,1-3H3,(H,18,19). The SMILES string of the molecule is CCNC(=NCc1nnc2n1CCCC2)N(C)Cc1cccn1C. The van der Waals surface area contributed by atoms with Crippen molar-refractivity contribution in [1.29, 1.82) is 0 Å². The van der Waals surface area contributed by atoms with Crippen molar-refractivity contribution in [3.05, 3.63) is 35.7 Å². The molecule has 1 aliphatic heterocycles. The molecular formula is C17H27N7. The number of hydrogen-bond acceptors (Lipinski definition) is 3. The van der Waals surface area contributed by atoms with Crippen LogP contribution in [0.4, 0.5) is 0 Å². The van der Waals surface area contributed by atoms with Crippen molar-refractivity contribution < 1.29 is 0 Å². The van der Waals surface area contributed by atoms with Crippen molar-refractivity contribution in [3.8, 4) is 0 Å². The van der Waals surface area contributed by atoms with E-state index in [-0.39, 0.29) is 0 Å². The van der Waals surface area contributed by atoms with Gasteiger partial charge in [0.15, 0.2) is 11.8 Å². The highest BCUT2D eigenvalue weighted by molar-refractivity contribution is 5.79. The lowest BCUT2D eigenvalue weighted by Gasteiger charge is -2.22. The summed E-state index contributed by atoms with van der Waals surface area (Å²) in [6.45, 7) is 5.32. The van der Waals surface area contributed by atoms with Crippen molar-refractivity contribution in [3.63, 3.8) is 0 Å². The molecule has 3 rings (SSSR count). The summed E-state index contributed by atoms with van der Waals surface area (Å²) in [5.74, 6) is 2.97. The lowest BCUT2D eigenvalue weighted by atomic mass is 10.2. The van der Waals surface area contributed by atoms with E-state index >= 15 is 0 Å². The molecule has 2 aromatic heterocycles. The van der Waals surface area contributed by atoms with Gasteiger partial charge < -0.3 is 19.4 Å². The van der Waals surface area contributed by atoms with Crippen LogP contribution in [0.2, 0.25) is 0 Å². The van der Waals surface area contributed by atoms with Gasteiger partial charge in [0.1, 0.15) is 12.4 Å². The molecule has 0 spiro atoms. The molecule has 3 heterocycles. The number of nitrogens with one attached hydrogen (secondary N) is 1. The van der Waals surface area contributed by atoms with Gasteiger partial charge in [-0.1, -0.05) is 0 Å². The molecule has 0 fully saturated rings. The van der Waals surface area contributed by atoms with Crippen molar-refractivity contribution in [2.75, 3.05) is 13.6 Å². The lowest BCUT2D eigenvalue weighted by Crippen LogP contribution is -2.38. The minimum atomic E-state index is 0.562. The number of aliphatic imine (C=N–C) groups is 1. The molecule has 0 saturated heterocycles. The van der Waals surface area contributed by atoms with Crippen LogP contribution in [0.1, 0.15) is 37.1 Å². The Bertz CT molecular complexity index is 698. The Labute approximate surface area is 143 Å². The first kappa shape index (κ1) is 16.5. The highest BCUT2D eigenvalue weighted by Crippen LogP contribution is 2.14. The maximum absolute atomic E-state index is 4.77. The summed E-state index contributed by atoms with van der Waals surface area (Å²) in [4.78, 5) is 6.92. The maximum Gasteiger partial charge on any atom is 0.194 e. The number of aryl methyl sites for hydroxylation is 2. The number of aromatic nitrogens is 4. The van der Waals surface area contributed by atoms with E-state index in [0.717, 1.165) is 43.7 Å². The molecule has 130 valence electrons. The van der Waals surface area contributed by atoms with E-state index in [2.05, 4.69) is 68.9 Å². The second-order valence-corrected chi connectivity index (χ2v) is 6.28. The van der Waals surface area contributed by atoms with Crippen molar-refractivity contribution in [2.24, 2.45) is 12.0 Å². The third kappa shape index (κ3) is 3.60. The Morgan fingerprint density at radius 1 is 1.38 bits per heavy atom. The molecule has 0 atom stereocenters. The van der Waals surface area contributed by atoms with E-state index < -0.39 is 0 Å². The molecule has 0 unspecified atom stereocenters. The molecule has 2 aromatic rings. The summed E-state index contributed by atoms with van der Waals surface area (Å²) in [5.41, 5.74) is 1.25. The minimum Gasteiger partial charge on any atom is -0.357 e. The smallest absolute Gasteiger partial charge is 0.194 e. The minimum absolute atomic E-state index is 0.562. The third-order valence-electron chi connectivity index (χ3n) is 4.45. The normalized spacial score (nSPS) is 14.5. The van der Waals surface area contributed by atoms with Gasteiger partial charge in [0, 0.05) is 45.5 Å². The van der Waals surface area contributed by atoms with Gasteiger partial charge in [0.2, 0.25) is 0 Å². The van der Waals surface area contributed by atoms with Gasteiger partial charge in [-0.2, -0.15) is 0 Å². The Kier molecular flexibility index (Phi) is 5.17. The molecule has 0 bridgehead atoms. The first-order valence-electron chi connectivity index (χ1n) is 8.69. The molecule has 0 aliphatic carbocycles. The Balaban J connectivity index is 1.71. The molecule has 0 amide bonds. The van der Waals surface area contributed by atoms with E-state index in [4.69, 9.17) is 4.99 Å². The largest absolute Gasteiger partial charge is 0.357 e. The fourth-order valence-corrected chi connectivity index (χ4v) is 3.08. The predicted molar refractivity (Wildman–Crippen MR) is 94.7 cm³/mol. The number of nitrogens with zero attached hydrogens (tertiary/aromatic N) is 6.